The first-order valence-corrected chi connectivity index (χ1v) is 10.2. The van der Waals surface area contributed by atoms with Gasteiger partial charge in [0.1, 0.15) is 11.4 Å². The third-order valence-electron chi connectivity index (χ3n) is 5.98. The number of nitrogens with one attached hydrogen (secondary N) is 1. The van der Waals surface area contributed by atoms with Crippen molar-refractivity contribution in [3.8, 4) is 17.2 Å². The minimum Gasteiger partial charge on any atom is -0.497 e. The van der Waals surface area contributed by atoms with E-state index in [2.05, 4.69) is 16.0 Å². The molecule has 0 radical (unpaired) electrons. The first-order valence-electron chi connectivity index (χ1n) is 10.2. The Morgan fingerprint density at radius 1 is 1.07 bits per heavy atom. The fraction of sp³-hybridized carbons (Fsp3) is 0.348. The molecule has 0 aliphatic carbocycles. The van der Waals surface area contributed by atoms with Crippen LogP contribution in [0.1, 0.15) is 21.6 Å². The Labute approximate surface area is 175 Å². The molecule has 2 aromatic carbocycles. The highest BCUT2D eigenvalue weighted by Crippen LogP contribution is 2.33. The summed E-state index contributed by atoms with van der Waals surface area (Å²) in [5, 5.41) is 1.03. The van der Waals surface area contributed by atoms with Gasteiger partial charge in [0.15, 0.2) is 11.5 Å². The van der Waals surface area contributed by atoms with E-state index in [9.17, 15) is 4.79 Å². The SMILES string of the molecule is COc1ccc2[nH]c(C(=O)N3CCN(Cc4ccc5c(c4)OCO5)CC3)c(C)c2c1. The second kappa shape index (κ2) is 7.57. The fourth-order valence-corrected chi connectivity index (χ4v) is 4.21. The van der Waals surface area contributed by atoms with Gasteiger partial charge in [0.05, 0.1) is 7.11 Å². The van der Waals surface area contributed by atoms with Gasteiger partial charge in [0.2, 0.25) is 6.79 Å². The Balaban J connectivity index is 1.25. The van der Waals surface area contributed by atoms with E-state index < -0.39 is 0 Å². The number of aryl methyl sites for hydroxylation is 1. The van der Waals surface area contributed by atoms with E-state index in [0.717, 1.165) is 53.3 Å². The summed E-state index contributed by atoms with van der Waals surface area (Å²) in [5.74, 6) is 2.47. The number of benzene rings is 2. The van der Waals surface area contributed by atoms with E-state index in [-0.39, 0.29) is 5.91 Å². The molecule has 5 rings (SSSR count). The molecule has 3 heterocycles. The van der Waals surface area contributed by atoms with Crippen LogP contribution in [-0.2, 0) is 6.54 Å². The number of rotatable bonds is 4. The van der Waals surface area contributed by atoms with Crippen LogP contribution in [0.5, 0.6) is 17.2 Å². The van der Waals surface area contributed by atoms with Crippen LogP contribution in [0.25, 0.3) is 10.9 Å². The van der Waals surface area contributed by atoms with Gasteiger partial charge in [0, 0.05) is 43.6 Å². The molecule has 1 amide bonds. The standard InChI is InChI=1S/C23H25N3O4/c1-15-18-12-17(28-2)4-5-19(18)24-22(15)23(27)26-9-7-25(8-10-26)13-16-3-6-20-21(11-16)30-14-29-20/h3-6,11-12,24H,7-10,13-14H2,1-2H3. The number of carbonyl (C=O) groups excluding carboxylic acids is 1. The van der Waals surface area contributed by atoms with Crippen LogP contribution >= 0.6 is 0 Å². The summed E-state index contributed by atoms with van der Waals surface area (Å²) in [5.41, 5.74) is 3.79. The molecule has 0 unspecified atom stereocenters. The Morgan fingerprint density at radius 3 is 2.67 bits per heavy atom. The Kier molecular flexibility index (Phi) is 4.75. The molecule has 0 bridgehead atoms. The molecule has 1 saturated heterocycles. The van der Waals surface area contributed by atoms with Gasteiger partial charge in [-0.2, -0.15) is 0 Å². The quantitative estimate of drug-likeness (QED) is 0.720. The highest BCUT2D eigenvalue weighted by Gasteiger charge is 2.25. The monoisotopic (exact) mass is 407 g/mol. The number of H-pyrrole nitrogens is 1. The molecule has 1 fully saturated rings. The number of aromatic nitrogens is 1. The molecule has 1 N–H and O–H groups in total. The van der Waals surface area contributed by atoms with Crippen molar-refractivity contribution in [3.05, 3.63) is 53.2 Å². The van der Waals surface area contributed by atoms with E-state index in [1.165, 1.54) is 5.56 Å². The van der Waals surface area contributed by atoms with Gasteiger partial charge in [0.25, 0.3) is 5.91 Å². The molecule has 7 nitrogen and oxygen atoms in total. The molecule has 0 spiro atoms. The highest BCUT2D eigenvalue weighted by atomic mass is 16.7. The van der Waals surface area contributed by atoms with Crippen molar-refractivity contribution in [1.82, 2.24) is 14.8 Å². The van der Waals surface area contributed by atoms with Crippen LogP contribution in [-0.4, -0.2) is 60.8 Å². The summed E-state index contributed by atoms with van der Waals surface area (Å²) in [4.78, 5) is 20.8. The van der Waals surface area contributed by atoms with Gasteiger partial charge in [-0.3, -0.25) is 9.69 Å². The minimum absolute atomic E-state index is 0.0606. The third-order valence-corrected chi connectivity index (χ3v) is 5.98. The molecule has 30 heavy (non-hydrogen) atoms. The predicted octanol–water partition coefficient (Wildman–Crippen LogP) is 3.17. The summed E-state index contributed by atoms with van der Waals surface area (Å²) in [6.07, 6.45) is 0. The average molecular weight is 407 g/mol. The second-order valence-electron chi connectivity index (χ2n) is 7.79. The lowest BCUT2D eigenvalue weighted by Crippen LogP contribution is -2.48. The lowest BCUT2D eigenvalue weighted by atomic mass is 10.1. The van der Waals surface area contributed by atoms with Crippen LogP contribution in [0.2, 0.25) is 0 Å². The van der Waals surface area contributed by atoms with E-state index in [0.29, 0.717) is 25.6 Å². The van der Waals surface area contributed by atoms with Gasteiger partial charge < -0.3 is 24.1 Å². The van der Waals surface area contributed by atoms with Crippen molar-refractivity contribution >= 4 is 16.8 Å². The number of nitrogens with zero attached hydrogens (tertiary/aromatic N) is 2. The van der Waals surface area contributed by atoms with Gasteiger partial charge in [-0.15, -0.1) is 0 Å². The lowest BCUT2D eigenvalue weighted by Gasteiger charge is -2.34. The predicted molar refractivity (Wildman–Crippen MR) is 113 cm³/mol. The van der Waals surface area contributed by atoms with Crippen molar-refractivity contribution in [1.29, 1.82) is 0 Å². The van der Waals surface area contributed by atoms with Crippen LogP contribution in [0.4, 0.5) is 0 Å². The van der Waals surface area contributed by atoms with Crippen molar-refractivity contribution in [2.75, 3.05) is 40.1 Å². The van der Waals surface area contributed by atoms with E-state index in [4.69, 9.17) is 14.2 Å². The van der Waals surface area contributed by atoms with Gasteiger partial charge in [-0.05, 0) is 48.4 Å². The van der Waals surface area contributed by atoms with Crippen molar-refractivity contribution in [2.45, 2.75) is 13.5 Å². The fourth-order valence-electron chi connectivity index (χ4n) is 4.21. The summed E-state index contributed by atoms with van der Waals surface area (Å²) in [7, 11) is 1.65. The highest BCUT2D eigenvalue weighted by molar-refractivity contribution is 6.01. The first-order chi connectivity index (χ1) is 14.6. The summed E-state index contributed by atoms with van der Waals surface area (Å²) in [6, 6.07) is 11.9. The number of aromatic amines is 1. The van der Waals surface area contributed by atoms with E-state index in [1.807, 2.05) is 42.2 Å². The number of piperazine rings is 1. The zero-order valence-electron chi connectivity index (χ0n) is 17.2. The molecule has 2 aliphatic rings. The summed E-state index contributed by atoms with van der Waals surface area (Å²) in [6.45, 7) is 6.22. The molecule has 0 atom stereocenters. The molecule has 156 valence electrons. The Morgan fingerprint density at radius 2 is 1.87 bits per heavy atom. The van der Waals surface area contributed by atoms with Gasteiger partial charge in [-0.25, -0.2) is 0 Å². The smallest absolute Gasteiger partial charge is 0.270 e. The van der Waals surface area contributed by atoms with Crippen LogP contribution in [0, 0.1) is 6.92 Å². The summed E-state index contributed by atoms with van der Waals surface area (Å²) < 4.78 is 16.2. The number of ether oxygens (including phenoxy) is 3. The first kappa shape index (κ1) is 18.8. The minimum atomic E-state index is 0.0606. The van der Waals surface area contributed by atoms with E-state index >= 15 is 0 Å². The lowest BCUT2D eigenvalue weighted by molar-refractivity contribution is 0.0623. The zero-order valence-corrected chi connectivity index (χ0v) is 17.2. The second-order valence-corrected chi connectivity index (χ2v) is 7.79. The number of amides is 1. The molecular weight excluding hydrogens is 382 g/mol. The van der Waals surface area contributed by atoms with Crippen molar-refractivity contribution in [3.63, 3.8) is 0 Å². The molecule has 2 aliphatic heterocycles. The number of hydrogen-bond donors (Lipinski definition) is 1. The largest absolute Gasteiger partial charge is 0.497 e. The molecule has 3 aromatic rings. The van der Waals surface area contributed by atoms with Crippen LogP contribution in [0.3, 0.4) is 0 Å². The van der Waals surface area contributed by atoms with E-state index in [1.54, 1.807) is 7.11 Å². The van der Waals surface area contributed by atoms with Gasteiger partial charge >= 0.3 is 0 Å². The maximum Gasteiger partial charge on any atom is 0.270 e. The van der Waals surface area contributed by atoms with Crippen LogP contribution in [0.15, 0.2) is 36.4 Å². The van der Waals surface area contributed by atoms with Crippen molar-refractivity contribution in [2.24, 2.45) is 0 Å². The maximum absolute atomic E-state index is 13.2. The molecular formula is C23H25N3O4. The normalized spacial score (nSPS) is 16.3. The number of hydrogen-bond acceptors (Lipinski definition) is 5. The maximum atomic E-state index is 13.2. The van der Waals surface area contributed by atoms with Crippen molar-refractivity contribution < 1.29 is 19.0 Å². The number of fused-ring (bicyclic) bond motifs is 2. The Bertz CT molecular complexity index is 1100. The zero-order chi connectivity index (χ0) is 20.7. The topological polar surface area (TPSA) is 67.0 Å². The van der Waals surface area contributed by atoms with Crippen LogP contribution < -0.4 is 14.2 Å². The number of carbonyl (C=O) groups is 1. The molecule has 0 saturated carbocycles. The third kappa shape index (κ3) is 3.35. The number of methoxy groups -OCH3 is 1. The molecule has 1 aromatic heterocycles. The average Bonchev–Trinajstić information content (AvgIpc) is 3.37. The molecule has 7 heteroatoms. The summed E-state index contributed by atoms with van der Waals surface area (Å²) >= 11 is 0. The van der Waals surface area contributed by atoms with Gasteiger partial charge in [-0.1, -0.05) is 6.07 Å². The Hall–Kier alpha value is -3.19.